The summed E-state index contributed by atoms with van der Waals surface area (Å²) in [6.07, 6.45) is 6.22. The van der Waals surface area contributed by atoms with E-state index >= 15 is 0 Å². The van der Waals surface area contributed by atoms with Gasteiger partial charge in [-0.2, -0.15) is 11.8 Å². The first-order valence-electron chi connectivity index (χ1n) is 6.27. The Kier molecular flexibility index (Phi) is 5.25. The van der Waals surface area contributed by atoms with Crippen LogP contribution in [-0.4, -0.2) is 16.8 Å². The number of carbonyl (C=O) groups is 1. The first-order chi connectivity index (χ1) is 8.68. The molecule has 1 nitrogen and oxygen atoms in total. The van der Waals surface area contributed by atoms with Gasteiger partial charge in [0.25, 0.3) is 0 Å². The molecule has 0 aromatic heterocycles. The molecule has 4 heteroatoms. The Labute approximate surface area is 120 Å². The van der Waals surface area contributed by atoms with E-state index in [1.54, 1.807) is 30.0 Å². The van der Waals surface area contributed by atoms with Gasteiger partial charge in [-0.05, 0) is 40.9 Å². The van der Waals surface area contributed by atoms with E-state index in [1.807, 2.05) is 0 Å². The number of rotatable bonds is 4. The van der Waals surface area contributed by atoms with E-state index in [1.165, 1.54) is 32.1 Å². The molecule has 1 aliphatic carbocycles. The molecule has 0 aliphatic heterocycles. The second-order valence-electron chi connectivity index (χ2n) is 4.60. The molecule has 2 rings (SSSR count). The minimum Gasteiger partial charge on any atom is -0.293 e. The molecule has 0 heterocycles. The fourth-order valence-corrected chi connectivity index (χ4v) is 3.80. The van der Waals surface area contributed by atoms with Crippen LogP contribution in [0.2, 0.25) is 0 Å². The second kappa shape index (κ2) is 6.71. The first-order valence-corrected chi connectivity index (χ1v) is 8.11. The van der Waals surface area contributed by atoms with Crippen LogP contribution in [0, 0.1) is 5.82 Å². The van der Waals surface area contributed by atoms with Crippen LogP contribution in [-0.2, 0) is 0 Å². The average molecular weight is 331 g/mol. The summed E-state index contributed by atoms with van der Waals surface area (Å²) in [6, 6.07) is 4.87. The molecular formula is C14H16BrFOS. The number of hydrogen-bond donors (Lipinski definition) is 0. The number of carbonyl (C=O) groups excluding carboxylic acids is 1. The third-order valence-electron chi connectivity index (χ3n) is 3.25. The van der Waals surface area contributed by atoms with Gasteiger partial charge in [-0.3, -0.25) is 4.79 Å². The standard InChI is InChI=1S/C14H16BrFOS/c15-12-8-4-7-11(14(12)16)13(17)9-18-10-5-2-1-3-6-10/h4,7-8,10H,1-3,5-6,9H2. The Morgan fingerprint density at radius 2 is 2.06 bits per heavy atom. The molecule has 18 heavy (non-hydrogen) atoms. The fraction of sp³-hybridized carbons (Fsp3) is 0.500. The largest absolute Gasteiger partial charge is 0.293 e. The van der Waals surface area contributed by atoms with Crippen LogP contribution in [0.15, 0.2) is 22.7 Å². The Hall–Kier alpha value is -0.350. The van der Waals surface area contributed by atoms with E-state index in [2.05, 4.69) is 15.9 Å². The van der Waals surface area contributed by atoms with Gasteiger partial charge in [0.15, 0.2) is 5.78 Å². The summed E-state index contributed by atoms with van der Waals surface area (Å²) in [5.41, 5.74) is 0.202. The number of halogens is 2. The van der Waals surface area contributed by atoms with Crippen molar-refractivity contribution in [2.24, 2.45) is 0 Å². The summed E-state index contributed by atoms with van der Waals surface area (Å²) in [5, 5.41) is 0.581. The van der Waals surface area contributed by atoms with Gasteiger partial charge in [0, 0.05) is 5.25 Å². The van der Waals surface area contributed by atoms with Crippen LogP contribution < -0.4 is 0 Å². The predicted octanol–water partition coefficient (Wildman–Crippen LogP) is 4.84. The number of thioether (sulfide) groups is 1. The quantitative estimate of drug-likeness (QED) is 0.735. The van der Waals surface area contributed by atoms with Crippen LogP contribution in [0.1, 0.15) is 42.5 Å². The predicted molar refractivity (Wildman–Crippen MR) is 77.8 cm³/mol. The smallest absolute Gasteiger partial charge is 0.175 e. The number of Topliss-reactive ketones (excluding diaryl/α,β-unsaturated/α-hetero) is 1. The molecule has 0 saturated heterocycles. The molecule has 0 atom stereocenters. The fourth-order valence-electron chi connectivity index (χ4n) is 2.22. The van der Waals surface area contributed by atoms with E-state index < -0.39 is 5.82 Å². The van der Waals surface area contributed by atoms with Crippen molar-refractivity contribution < 1.29 is 9.18 Å². The van der Waals surface area contributed by atoms with Crippen LogP contribution >= 0.6 is 27.7 Å². The monoisotopic (exact) mass is 330 g/mol. The van der Waals surface area contributed by atoms with Crippen molar-refractivity contribution in [2.75, 3.05) is 5.75 Å². The molecule has 0 unspecified atom stereocenters. The van der Waals surface area contributed by atoms with Gasteiger partial charge in [0.2, 0.25) is 0 Å². The minimum absolute atomic E-state index is 0.107. The summed E-state index contributed by atoms with van der Waals surface area (Å²) < 4.78 is 14.1. The van der Waals surface area contributed by atoms with Crippen molar-refractivity contribution in [1.82, 2.24) is 0 Å². The van der Waals surface area contributed by atoms with Crippen molar-refractivity contribution in [3.63, 3.8) is 0 Å². The van der Waals surface area contributed by atoms with E-state index in [9.17, 15) is 9.18 Å². The van der Waals surface area contributed by atoms with Crippen LogP contribution in [0.3, 0.4) is 0 Å². The lowest BCUT2D eigenvalue weighted by atomic mass is 10.0. The maximum absolute atomic E-state index is 13.7. The molecule has 0 amide bonds. The van der Waals surface area contributed by atoms with Crippen LogP contribution in [0.4, 0.5) is 4.39 Å². The first kappa shape index (κ1) is 14.1. The highest BCUT2D eigenvalue weighted by atomic mass is 79.9. The second-order valence-corrected chi connectivity index (χ2v) is 6.74. The molecule has 1 aromatic rings. The molecule has 1 fully saturated rings. The average Bonchev–Trinajstić information content (AvgIpc) is 2.40. The van der Waals surface area contributed by atoms with E-state index in [4.69, 9.17) is 0 Å². The van der Waals surface area contributed by atoms with Gasteiger partial charge in [0.1, 0.15) is 5.82 Å². The van der Waals surface area contributed by atoms with Crippen molar-refractivity contribution in [3.05, 3.63) is 34.1 Å². The van der Waals surface area contributed by atoms with Crippen LogP contribution in [0.25, 0.3) is 0 Å². The zero-order valence-electron chi connectivity index (χ0n) is 10.1. The van der Waals surface area contributed by atoms with Crippen molar-refractivity contribution in [3.8, 4) is 0 Å². The third kappa shape index (κ3) is 3.58. The topological polar surface area (TPSA) is 17.1 Å². The SMILES string of the molecule is O=C(CSC1CCCCC1)c1cccc(Br)c1F. The molecule has 1 aromatic carbocycles. The Morgan fingerprint density at radius 3 is 2.78 bits per heavy atom. The number of ketones is 1. The molecule has 98 valence electrons. The summed E-state index contributed by atoms with van der Waals surface area (Å²) in [4.78, 5) is 12.0. The number of hydrogen-bond acceptors (Lipinski definition) is 2. The Balaban J connectivity index is 1.93. The van der Waals surface area contributed by atoms with E-state index in [0.717, 1.165) is 0 Å². The van der Waals surface area contributed by atoms with Gasteiger partial charge in [0.05, 0.1) is 15.8 Å². The molecule has 0 radical (unpaired) electrons. The van der Waals surface area contributed by atoms with E-state index in [-0.39, 0.29) is 11.3 Å². The van der Waals surface area contributed by atoms with Gasteiger partial charge in [-0.15, -0.1) is 0 Å². The molecule has 0 N–H and O–H groups in total. The molecular weight excluding hydrogens is 315 g/mol. The highest BCUT2D eigenvalue weighted by Gasteiger charge is 2.18. The molecule has 1 aliphatic rings. The number of benzene rings is 1. The van der Waals surface area contributed by atoms with Gasteiger partial charge >= 0.3 is 0 Å². The Morgan fingerprint density at radius 1 is 1.33 bits per heavy atom. The van der Waals surface area contributed by atoms with Gasteiger partial charge in [-0.25, -0.2) is 4.39 Å². The maximum atomic E-state index is 13.7. The Bertz CT molecular complexity index is 430. The van der Waals surface area contributed by atoms with Crippen molar-refractivity contribution in [1.29, 1.82) is 0 Å². The van der Waals surface area contributed by atoms with Crippen LogP contribution in [0.5, 0.6) is 0 Å². The summed E-state index contributed by atoms with van der Waals surface area (Å²) in [5.74, 6) is -0.158. The lowest BCUT2D eigenvalue weighted by molar-refractivity contribution is 0.101. The zero-order valence-corrected chi connectivity index (χ0v) is 12.5. The van der Waals surface area contributed by atoms with Crippen molar-refractivity contribution >= 4 is 33.5 Å². The van der Waals surface area contributed by atoms with Crippen molar-refractivity contribution in [2.45, 2.75) is 37.4 Å². The summed E-state index contributed by atoms with van der Waals surface area (Å²) in [6.45, 7) is 0. The lowest BCUT2D eigenvalue weighted by Gasteiger charge is -2.20. The molecule has 1 saturated carbocycles. The third-order valence-corrected chi connectivity index (χ3v) is 5.24. The normalized spacial score (nSPS) is 16.8. The maximum Gasteiger partial charge on any atom is 0.175 e. The minimum atomic E-state index is -0.438. The highest BCUT2D eigenvalue weighted by Crippen LogP contribution is 2.29. The highest BCUT2D eigenvalue weighted by molar-refractivity contribution is 9.10. The van der Waals surface area contributed by atoms with Gasteiger partial charge < -0.3 is 0 Å². The summed E-state index contributed by atoms with van der Waals surface area (Å²) >= 11 is 4.79. The molecule has 0 spiro atoms. The lowest BCUT2D eigenvalue weighted by Crippen LogP contribution is -2.13. The zero-order chi connectivity index (χ0) is 13.0. The van der Waals surface area contributed by atoms with E-state index in [0.29, 0.717) is 15.5 Å². The van der Waals surface area contributed by atoms with Gasteiger partial charge in [-0.1, -0.05) is 25.3 Å². The summed E-state index contributed by atoms with van der Waals surface area (Å²) in [7, 11) is 0. The molecule has 0 bridgehead atoms.